The van der Waals surface area contributed by atoms with Gasteiger partial charge in [-0.05, 0) is 19.4 Å². The van der Waals surface area contributed by atoms with E-state index in [4.69, 9.17) is 19.3 Å². The molecule has 2 aliphatic carbocycles. The Balaban J connectivity index is 1.46. The highest BCUT2D eigenvalue weighted by molar-refractivity contribution is 6.31. The summed E-state index contributed by atoms with van der Waals surface area (Å²) < 4.78 is 17.3. The summed E-state index contributed by atoms with van der Waals surface area (Å²) in [4.78, 5) is 64.9. The van der Waals surface area contributed by atoms with Crippen molar-refractivity contribution in [1.29, 1.82) is 0 Å². The fraction of sp³-hybridized carbons (Fsp3) is 0.500. The van der Waals surface area contributed by atoms with Crippen LogP contribution < -0.4 is 15.4 Å². The second-order valence-corrected chi connectivity index (χ2v) is 12.6. The van der Waals surface area contributed by atoms with Crippen LogP contribution in [0.2, 0.25) is 0 Å². The lowest BCUT2D eigenvalue weighted by atomic mass is 9.72. The topological polar surface area (TPSA) is 258 Å². The van der Waals surface area contributed by atoms with E-state index in [9.17, 15) is 49.5 Å². The molecule has 16 nitrogen and oxygen atoms in total. The summed E-state index contributed by atoms with van der Waals surface area (Å²) >= 11 is 0. The molecular weight excluding hydrogens is 660 g/mol. The molecule has 0 radical (unpaired) electrons. The highest BCUT2D eigenvalue weighted by Gasteiger charge is 2.50. The number of methoxy groups -OCH3 is 1. The molecule has 16 heteroatoms. The number of hydrogen-bond donors (Lipinski definition) is 8. The number of nitrogens with one attached hydrogen (secondary N) is 2. The second-order valence-electron chi connectivity index (χ2n) is 12.6. The number of aliphatic hydroxyl groups excluding tert-OH is 3. The normalized spacial score (nSPS) is 25.6. The van der Waals surface area contributed by atoms with Gasteiger partial charge in [0.15, 0.2) is 17.9 Å². The molecular formula is C34H40N2O14. The molecule has 2 amide bonds. The van der Waals surface area contributed by atoms with Gasteiger partial charge in [0.05, 0.1) is 48.7 Å². The Hall–Kier alpha value is -4.45. The summed E-state index contributed by atoms with van der Waals surface area (Å²) in [5.41, 5.74) is -4.09. The number of fused-ring (bicyclic) bond motifs is 3. The summed E-state index contributed by atoms with van der Waals surface area (Å²) in [6.45, 7) is 0.303. The largest absolute Gasteiger partial charge is 0.507 e. The number of aromatic hydroxyl groups is 2. The third-order valence-electron chi connectivity index (χ3n) is 9.35. The summed E-state index contributed by atoms with van der Waals surface area (Å²) in [5.74, 6) is -4.92. The number of amides is 2. The number of Topliss-reactive ketones (excluding diaryl/α,β-unsaturated/α-hetero) is 1. The van der Waals surface area contributed by atoms with E-state index in [0.29, 0.717) is 0 Å². The van der Waals surface area contributed by atoms with E-state index in [-0.39, 0.29) is 72.7 Å². The van der Waals surface area contributed by atoms with Crippen LogP contribution in [-0.4, -0.2) is 117 Å². The first-order valence-corrected chi connectivity index (χ1v) is 16.2. The van der Waals surface area contributed by atoms with Crippen molar-refractivity contribution in [1.82, 2.24) is 10.6 Å². The fourth-order valence-corrected chi connectivity index (χ4v) is 6.83. The molecule has 1 aliphatic heterocycles. The Morgan fingerprint density at radius 1 is 1.02 bits per heavy atom. The summed E-state index contributed by atoms with van der Waals surface area (Å²) in [6, 6.07) is 3.37. The van der Waals surface area contributed by atoms with Gasteiger partial charge < -0.3 is 55.5 Å². The quantitative estimate of drug-likeness (QED) is 0.110. The van der Waals surface area contributed by atoms with Crippen molar-refractivity contribution in [3.63, 3.8) is 0 Å². The number of rotatable bonds is 12. The lowest BCUT2D eigenvalue weighted by Crippen LogP contribution is -2.55. The molecule has 8 N–H and O–H groups in total. The van der Waals surface area contributed by atoms with E-state index in [1.54, 1.807) is 0 Å². The standard InChI is InChI=1S/C34H40N2O14/c1-15-29(42)18(36-23(41)8-4-7-22(40)35-9-10-37)11-24(49-15)50-20-13-34(47,21(39)14-38)12-17-26(20)33(46)28-27(31(17)44)30(43)16-5-3-6-19(48-2)25(16)32(28)45/h3,5-6,15,18,20,24,29,37-38,42,44,46-47H,4,7-14H2,1-2H3,(H,35,40)(H,36,41)/t15-,18-,20-,24-,29+,34-/m0/s1. The van der Waals surface area contributed by atoms with Crippen molar-refractivity contribution in [3.8, 4) is 17.2 Å². The molecule has 1 saturated heterocycles. The van der Waals surface area contributed by atoms with Crippen LogP contribution in [0.4, 0.5) is 0 Å². The second kappa shape index (κ2) is 14.8. The van der Waals surface area contributed by atoms with Gasteiger partial charge >= 0.3 is 0 Å². The third kappa shape index (κ3) is 6.82. The smallest absolute Gasteiger partial charge is 0.220 e. The van der Waals surface area contributed by atoms with Crippen LogP contribution in [0.25, 0.3) is 0 Å². The Morgan fingerprint density at radius 3 is 2.40 bits per heavy atom. The summed E-state index contributed by atoms with van der Waals surface area (Å²) in [5, 5.41) is 69.1. The lowest BCUT2D eigenvalue weighted by molar-refractivity contribution is -0.249. The van der Waals surface area contributed by atoms with E-state index in [1.165, 1.54) is 32.2 Å². The number of ketones is 3. The first-order chi connectivity index (χ1) is 23.8. The van der Waals surface area contributed by atoms with Crippen molar-refractivity contribution >= 4 is 29.2 Å². The van der Waals surface area contributed by atoms with Crippen molar-refractivity contribution < 1.29 is 68.8 Å². The molecule has 0 unspecified atom stereocenters. The number of phenolic OH excluding ortho intramolecular Hbond substituents is 2. The van der Waals surface area contributed by atoms with E-state index < -0.39 is 102 Å². The molecule has 0 bridgehead atoms. The van der Waals surface area contributed by atoms with Gasteiger partial charge in [-0.2, -0.15) is 0 Å². The minimum absolute atomic E-state index is 0.0367. The molecule has 2 aromatic rings. The van der Waals surface area contributed by atoms with Gasteiger partial charge in [-0.3, -0.25) is 24.0 Å². The number of aliphatic hydroxyl groups is 4. The molecule has 1 heterocycles. The zero-order valence-corrected chi connectivity index (χ0v) is 27.4. The first kappa shape index (κ1) is 36.8. The average molecular weight is 701 g/mol. The Bertz CT molecular complexity index is 1710. The van der Waals surface area contributed by atoms with Crippen molar-refractivity contribution in [3.05, 3.63) is 51.6 Å². The molecule has 50 heavy (non-hydrogen) atoms. The maximum atomic E-state index is 13.8. The Kier molecular flexibility index (Phi) is 10.9. The number of carbonyl (C=O) groups excluding carboxylic acids is 5. The molecule has 0 saturated carbocycles. The average Bonchev–Trinajstić information content (AvgIpc) is 3.08. The molecule has 270 valence electrons. The number of carbonyl (C=O) groups is 5. The van der Waals surface area contributed by atoms with Crippen molar-refractivity contribution in [2.75, 3.05) is 26.9 Å². The van der Waals surface area contributed by atoms with Crippen LogP contribution >= 0.6 is 0 Å². The molecule has 1 fully saturated rings. The first-order valence-electron chi connectivity index (χ1n) is 16.2. The van der Waals surface area contributed by atoms with Gasteiger partial charge in [0.2, 0.25) is 17.6 Å². The van der Waals surface area contributed by atoms with E-state index in [1.807, 2.05) is 0 Å². The Morgan fingerprint density at radius 2 is 1.72 bits per heavy atom. The van der Waals surface area contributed by atoms with Crippen molar-refractivity contribution in [2.45, 2.75) is 81.7 Å². The molecule has 6 atom stereocenters. The minimum Gasteiger partial charge on any atom is -0.507 e. The molecule has 0 aromatic heterocycles. The summed E-state index contributed by atoms with van der Waals surface area (Å²) in [6.07, 6.45) is -6.03. The lowest BCUT2D eigenvalue weighted by Gasteiger charge is -2.43. The number of benzene rings is 2. The van der Waals surface area contributed by atoms with Gasteiger partial charge in [0.1, 0.15) is 35.6 Å². The van der Waals surface area contributed by atoms with Gasteiger partial charge in [-0.25, -0.2) is 0 Å². The van der Waals surface area contributed by atoms with E-state index in [0.717, 1.165) is 0 Å². The fourth-order valence-electron chi connectivity index (χ4n) is 6.83. The van der Waals surface area contributed by atoms with Crippen LogP contribution in [0.3, 0.4) is 0 Å². The zero-order chi connectivity index (χ0) is 36.5. The van der Waals surface area contributed by atoms with Crippen LogP contribution in [-0.2, 0) is 30.3 Å². The highest BCUT2D eigenvalue weighted by atomic mass is 16.7. The van der Waals surface area contributed by atoms with Gasteiger partial charge in [0.25, 0.3) is 0 Å². The molecule has 2 aromatic carbocycles. The number of ether oxygens (including phenoxy) is 3. The van der Waals surface area contributed by atoms with Crippen molar-refractivity contribution in [2.24, 2.45) is 0 Å². The predicted molar refractivity (Wildman–Crippen MR) is 170 cm³/mol. The maximum absolute atomic E-state index is 13.8. The summed E-state index contributed by atoms with van der Waals surface area (Å²) in [7, 11) is 1.30. The predicted octanol–water partition coefficient (Wildman–Crippen LogP) is -0.562. The van der Waals surface area contributed by atoms with Gasteiger partial charge in [0, 0.05) is 55.3 Å². The molecule has 5 rings (SSSR count). The maximum Gasteiger partial charge on any atom is 0.220 e. The number of hydrogen-bond acceptors (Lipinski definition) is 14. The van der Waals surface area contributed by atoms with Gasteiger partial charge in [-0.1, -0.05) is 12.1 Å². The third-order valence-corrected chi connectivity index (χ3v) is 9.35. The minimum atomic E-state index is -2.34. The van der Waals surface area contributed by atoms with Crippen LogP contribution in [0.1, 0.15) is 88.1 Å². The number of phenols is 2. The van der Waals surface area contributed by atoms with Gasteiger partial charge in [-0.15, -0.1) is 0 Å². The monoisotopic (exact) mass is 700 g/mol. The molecule has 0 spiro atoms. The molecule has 3 aliphatic rings. The highest BCUT2D eigenvalue weighted by Crippen LogP contribution is 2.52. The SMILES string of the molecule is COc1cccc2c1C(=O)c1c(O)c3c(c(O)c1C2=O)C[C@@](O)(C(=O)CO)C[C@@H]3O[C@H]1C[C@H](NC(=O)CCCC(=O)NCCO)[C@H](O)[C@H](C)O1. The van der Waals surface area contributed by atoms with Crippen LogP contribution in [0.15, 0.2) is 18.2 Å². The van der Waals surface area contributed by atoms with E-state index in [2.05, 4.69) is 10.6 Å². The van der Waals surface area contributed by atoms with Crippen LogP contribution in [0.5, 0.6) is 17.2 Å². The zero-order valence-electron chi connectivity index (χ0n) is 27.4. The Labute approximate surface area is 286 Å². The van der Waals surface area contributed by atoms with E-state index >= 15 is 0 Å². The van der Waals surface area contributed by atoms with Crippen LogP contribution in [0, 0.1) is 0 Å².